The SMILES string of the molecule is COCc1ccc(C(=O)NCCN2CCC[C@@H](c3ccccc3)C2)s1. The van der Waals surface area contributed by atoms with E-state index in [9.17, 15) is 4.79 Å². The zero-order valence-electron chi connectivity index (χ0n) is 14.7. The lowest BCUT2D eigenvalue weighted by molar-refractivity contribution is 0.0949. The van der Waals surface area contributed by atoms with Crippen LogP contribution in [0.1, 0.15) is 38.9 Å². The first-order chi connectivity index (χ1) is 12.3. The summed E-state index contributed by atoms with van der Waals surface area (Å²) in [5.74, 6) is 0.628. The van der Waals surface area contributed by atoms with Crippen LogP contribution in [0.4, 0.5) is 0 Å². The Balaban J connectivity index is 1.44. The number of amides is 1. The molecule has 1 aliphatic heterocycles. The Morgan fingerprint density at radius 3 is 2.92 bits per heavy atom. The maximum atomic E-state index is 12.2. The molecule has 1 saturated heterocycles. The van der Waals surface area contributed by atoms with Crippen LogP contribution in [0.25, 0.3) is 0 Å². The van der Waals surface area contributed by atoms with Gasteiger partial charge in [0, 0.05) is 31.6 Å². The topological polar surface area (TPSA) is 41.6 Å². The van der Waals surface area contributed by atoms with Crippen LogP contribution in [-0.4, -0.2) is 44.1 Å². The summed E-state index contributed by atoms with van der Waals surface area (Å²) >= 11 is 1.50. The first-order valence-electron chi connectivity index (χ1n) is 8.89. The summed E-state index contributed by atoms with van der Waals surface area (Å²) in [6, 6.07) is 14.6. The largest absolute Gasteiger partial charge is 0.379 e. The summed E-state index contributed by atoms with van der Waals surface area (Å²) in [6.45, 7) is 4.36. The molecule has 1 aromatic carbocycles. The van der Waals surface area contributed by atoms with Crippen LogP contribution in [0.3, 0.4) is 0 Å². The predicted octanol–water partition coefficient (Wildman–Crippen LogP) is 3.50. The molecule has 2 aromatic rings. The van der Waals surface area contributed by atoms with E-state index in [-0.39, 0.29) is 5.91 Å². The molecular formula is C20H26N2O2S. The van der Waals surface area contributed by atoms with Gasteiger partial charge in [-0.3, -0.25) is 4.79 Å². The second-order valence-electron chi connectivity index (χ2n) is 6.51. The minimum atomic E-state index is 0.0176. The van der Waals surface area contributed by atoms with Crippen molar-refractivity contribution < 1.29 is 9.53 Å². The molecule has 0 radical (unpaired) electrons. The minimum Gasteiger partial charge on any atom is -0.379 e. The zero-order valence-corrected chi connectivity index (χ0v) is 15.6. The Hall–Kier alpha value is -1.69. The van der Waals surface area contributed by atoms with Crippen molar-refractivity contribution in [1.29, 1.82) is 0 Å². The van der Waals surface area contributed by atoms with Crippen molar-refractivity contribution in [3.05, 3.63) is 57.8 Å². The third-order valence-electron chi connectivity index (χ3n) is 4.66. The molecule has 0 bridgehead atoms. The third-order valence-corrected chi connectivity index (χ3v) is 5.72. The van der Waals surface area contributed by atoms with E-state index in [1.165, 1.54) is 29.7 Å². The summed E-state index contributed by atoms with van der Waals surface area (Å²) in [7, 11) is 1.67. The molecule has 0 spiro atoms. The number of carbonyl (C=O) groups is 1. The zero-order chi connectivity index (χ0) is 17.5. The number of hydrogen-bond donors (Lipinski definition) is 1. The van der Waals surface area contributed by atoms with Gasteiger partial charge in [0.25, 0.3) is 5.91 Å². The Kier molecular flexibility index (Phi) is 6.62. The van der Waals surface area contributed by atoms with E-state index in [0.29, 0.717) is 19.1 Å². The molecule has 1 amide bonds. The van der Waals surface area contributed by atoms with Crippen LogP contribution in [0.5, 0.6) is 0 Å². The number of nitrogens with zero attached hydrogens (tertiary/aromatic N) is 1. The van der Waals surface area contributed by atoms with Gasteiger partial charge in [-0.15, -0.1) is 11.3 Å². The van der Waals surface area contributed by atoms with Gasteiger partial charge >= 0.3 is 0 Å². The quantitative estimate of drug-likeness (QED) is 0.824. The van der Waals surface area contributed by atoms with Gasteiger partial charge < -0.3 is 15.0 Å². The predicted molar refractivity (Wildman–Crippen MR) is 102 cm³/mol. The molecule has 2 heterocycles. The summed E-state index contributed by atoms with van der Waals surface area (Å²) in [5, 5.41) is 3.05. The lowest BCUT2D eigenvalue weighted by Crippen LogP contribution is -2.40. The second kappa shape index (κ2) is 9.13. The van der Waals surface area contributed by atoms with E-state index in [2.05, 4.69) is 40.5 Å². The number of hydrogen-bond acceptors (Lipinski definition) is 4. The van der Waals surface area contributed by atoms with Crippen LogP contribution in [-0.2, 0) is 11.3 Å². The number of ether oxygens (including phenoxy) is 1. The standard InChI is InChI=1S/C20H26N2O2S/c1-24-15-18-9-10-19(25-18)20(23)21-11-13-22-12-5-8-17(14-22)16-6-3-2-4-7-16/h2-4,6-7,9-10,17H,5,8,11-15H2,1H3,(H,21,23)/t17-/m1/s1. The van der Waals surface area contributed by atoms with Crippen molar-refractivity contribution in [3.63, 3.8) is 0 Å². The molecule has 1 aliphatic rings. The highest BCUT2D eigenvalue weighted by Gasteiger charge is 2.21. The van der Waals surface area contributed by atoms with E-state index in [0.717, 1.165) is 29.4 Å². The Labute approximate surface area is 153 Å². The third kappa shape index (κ3) is 5.14. The molecule has 25 heavy (non-hydrogen) atoms. The summed E-state index contributed by atoms with van der Waals surface area (Å²) in [6.07, 6.45) is 2.48. The monoisotopic (exact) mass is 358 g/mol. The number of thiophene rings is 1. The van der Waals surface area contributed by atoms with Crippen molar-refractivity contribution in [3.8, 4) is 0 Å². The van der Waals surface area contributed by atoms with Crippen LogP contribution in [0, 0.1) is 0 Å². The van der Waals surface area contributed by atoms with E-state index in [1.54, 1.807) is 7.11 Å². The molecular weight excluding hydrogens is 332 g/mol. The van der Waals surface area contributed by atoms with Gasteiger partial charge in [-0.1, -0.05) is 30.3 Å². The number of piperidine rings is 1. The van der Waals surface area contributed by atoms with Gasteiger partial charge in [-0.25, -0.2) is 0 Å². The van der Waals surface area contributed by atoms with E-state index in [1.807, 2.05) is 12.1 Å². The van der Waals surface area contributed by atoms with Gasteiger partial charge in [0.15, 0.2) is 0 Å². The molecule has 4 nitrogen and oxygen atoms in total. The molecule has 5 heteroatoms. The molecule has 1 atom stereocenters. The fourth-order valence-corrected chi connectivity index (χ4v) is 4.29. The smallest absolute Gasteiger partial charge is 0.261 e. The second-order valence-corrected chi connectivity index (χ2v) is 7.67. The molecule has 134 valence electrons. The van der Waals surface area contributed by atoms with Gasteiger partial charge in [0.1, 0.15) is 0 Å². The van der Waals surface area contributed by atoms with Gasteiger partial charge in [0.2, 0.25) is 0 Å². The van der Waals surface area contributed by atoms with E-state index < -0.39 is 0 Å². The van der Waals surface area contributed by atoms with Crippen LogP contribution < -0.4 is 5.32 Å². The fourth-order valence-electron chi connectivity index (χ4n) is 3.39. The summed E-state index contributed by atoms with van der Waals surface area (Å²) in [5.41, 5.74) is 1.43. The lowest BCUT2D eigenvalue weighted by Gasteiger charge is -2.33. The molecule has 1 N–H and O–H groups in total. The fraction of sp³-hybridized carbons (Fsp3) is 0.450. The van der Waals surface area contributed by atoms with Crippen molar-refractivity contribution >= 4 is 17.2 Å². The normalized spacial score (nSPS) is 18.2. The number of likely N-dealkylation sites (tertiary alicyclic amines) is 1. The van der Waals surface area contributed by atoms with Gasteiger partial charge in [-0.05, 0) is 43.0 Å². The average molecular weight is 359 g/mol. The Morgan fingerprint density at radius 1 is 1.28 bits per heavy atom. The molecule has 0 saturated carbocycles. The first-order valence-corrected chi connectivity index (χ1v) is 9.71. The minimum absolute atomic E-state index is 0.0176. The number of carbonyl (C=O) groups excluding carboxylic acids is 1. The van der Waals surface area contributed by atoms with Crippen molar-refractivity contribution in [2.75, 3.05) is 33.3 Å². The number of rotatable bonds is 7. The van der Waals surface area contributed by atoms with Gasteiger partial charge in [-0.2, -0.15) is 0 Å². The Bertz CT molecular complexity index is 671. The van der Waals surface area contributed by atoms with Crippen LogP contribution in [0.2, 0.25) is 0 Å². The molecule has 3 rings (SSSR count). The first kappa shape index (κ1) is 18.1. The molecule has 1 aromatic heterocycles. The average Bonchev–Trinajstić information content (AvgIpc) is 3.12. The highest BCUT2D eigenvalue weighted by molar-refractivity contribution is 7.14. The lowest BCUT2D eigenvalue weighted by atomic mass is 9.91. The van der Waals surface area contributed by atoms with Crippen molar-refractivity contribution in [2.24, 2.45) is 0 Å². The van der Waals surface area contributed by atoms with E-state index >= 15 is 0 Å². The number of nitrogens with one attached hydrogen (secondary N) is 1. The van der Waals surface area contributed by atoms with Crippen molar-refractivity contribution in [1.82, 2.24) is 10.2 Å². The van der Waals surface area contributed by atoms with Crippen molar-refractivity contribution in [2.45, 2.75) is 25.4 Å². The Morgan fingerprint density at radius 2 is 2.12 bits per heavy atom. The maximum absolute atomic E-state index is 12.2. The highest BCUT2D eigenvalue weighted by atomic mass is 32.1. The number of benzene rings is 1. The van der Waals surface area contributed by atoms with Crippen LogP contribution in [0.15, 0.2) is 42.5 Å². The molecule has 1 fully saturated rings. The van der Waals surface area contributed by atoms with Gasteiger partial charge in [0.05, 0.1) is 11.5 Å². The number of methoxy groups -OCH3 is 1. The highest BCUT2D eigenvalue weighted by Crippen LogP contribution is 2.26. The summed E-state index contributed by atoms with van der Waals surface area (Å²) in [4.78, 5) is 16.5. The molecule has 0 aliphatic carbocycles. The maximum Gasteiger partial charge on any atom is 0.261 e. The molecule has 0 unspecified atom stereocenters. The summed E-state index contributed by atoms with van der Waals surface area (Å²) < 4.78 is 5.10. The van der Waals surface area contributed by atoms with E-state index in [4.69, 9.17) is 4.74 Å². The van der Waals surface area contributed by atoms with Crippen LogP contribution >= 0.6 is 11.3 Å².